The first-order valence-corrected chi connectivity index (χ1v) is 9.09. The first-order valence-electron chi connectivity index (χ1n) is 8.34. The zero-order chi connectivity index (χ0) is 18.5. The molecule has 0 radical (unpaired) electrons. The zero-order valence-electron chi connectivity index (χ0n) is 14.1. The van der Waals surface area contributed by atoms with Gasteiger partial charge in [-0.05, 0) is 30.3 Å². The fourth-order valence-electron chi connectivity index (χ4n) is 2.81. The standard InChI is InChI=1S/C18H19Cl2N3O3/c19-13-3-4-15(14(20)12-13)21-6-5-17(24)22-7-9-23(10-8-22)18(25)16-2-1-11-26-16/h1-4,11-12,21H,5-10H2. The minimum Gasteiger partial charge on any atom is -0.459 e. The van der Waals surface area contributed by atoms with Crippen LogP contribution in [-0.4, -0.2) is 54.3 Å². The predicted molar refractivity (Wildman–Crippen MR) is 101 cm³/mol. The topological polar surface area (TPSA) is 65.8 Å². The molecule has 0 bridgehead atoms. The van der Waals surface area contributed by atoms with Gasteiger partial charge in [-0.2, -0.15) is 0 Å². The van der Waals surface area contributed by atoms with E-state index in [9.17, 15) is 9.59 Å². The van der Waals surface area contributed by atoms with Crippen molar-refractivity contribution in [1.82, 2.24) is 9.80 Å². The smallest absolute Gasteiger partial charge is 0.289 e. The maximum Gasteiger partial charge on any atom is 0.289 e. The number of furan rings is 1. The summed E-state index contributed by atoms with van der Waals surface area (Å²) in [7, 11) is 0. The van der Waals surface area contributed by atoms with Gasteiger partial charge in [-0.1, -0.05) is 23.2 Å². The van der Waals surface area contributed by atoms with E-state index in [0.29, 0.717) is 55.0 Å². The summed E-state index contributed by atoms with van der Waals surface area (Å²) in [5, 5.41) is 4.23. The Labute approximate surface area is 161 Å². The summed E-state index contributed by atoms with van der Waals surface area (Å²) in [6.45, 7) is 2.52. The Bertz CT molecular complexity index is 772. The molecule has 1 fully saturated rings. The van der Waals surface area contributed by atoms with Gasteiger partial charge in [0.05, 0.1) is 17.0 Å². The van der Waals surface area contributed by atoms with Crippen LogP contribution in [-0.2, 0) is 4.79 Å². The average Bonchev–Trinajstić information content (AvgIpc) is 3.17. The number of piperazine rings is 1. The summed E-state index contributed by atoms with van der Waals surface area (Å²) < 4.78 is 5.14. The first-order chi connectivity index (χ1) is 12.5. The molecule has 1 aromatic carbocycles. The van der Waals surface area contributed by atoms with E-state index in [0.717, 1.165) is 5.69 Å². The number of nitrogens with one attached hydrogen (secondary N) is 1. The monoisotopic (exact) mass is 395 g/mol. The van der Waals surface area contributed by atoms with Crippen molar-refractivity contribution in [2.24, 2.45) is 0 Å². The number of hydrogen-bond donors (Lipinski definition) is 1. The highest BCUT2D eigenvalue weighted by atomic mass is 35.5. The quantitative estimate of drug-likeness (QED) is 0.842. The van der Waals surface area contributed by atoms with E-state index in [2.05, 4.69) is 5.32 Å². The molecule has 1 N–H and O–H groups in total. The highest BCUT2D eigenvalue weighted by molar-refractivity contribution is 6.36. The summed E-state index contributed by atoms with van der Waals surface area (Å²) >= 11 is 12.0. The normalized spacial score (nSPS) is 14.4. The highest BCUT2D eigenvalue weighted by Gasteiger charge is 2.25. The van der Waals surface area contributed by atoms with Gasteiger partial charge in [-0.25, -0.2) is 0 Å². The van der Waals surface area contributed by atoms with E-state index in [1.54, 1.807) is 40.1 Å². The SMILES string of the molecule is O=C(CCNc1ccc(Cl)cc1Cl)N1CCN(C(=O)c2ccco2)CC1. The number of nitrogens with zero attached hydrogens (tertiary/aromatic N) is 2. The van der Waals surface area contributed by atoms with Gasteiger partial charge in [-0.15, -0.1) is 0 Å². The largest absolute Gasteiger partial charge is 0.459 e. The van der Waals surface area contributed by atoms with Gasteiger partial charge in [0, 0.05) is 44.2 Å². The molecule has 1 aliphatic rings. The van der Waals surface area contributed by atoms with Crippen molar-refractivity contribution in [3.63, 3.8) is 0 Å². The minimum absolute atomic E-state index is 0.0488. The van der Waals surface area contributed by atoms with Crippen molar-refractivity contribution in [2.75, 3.05) is 38.0 Å². The van der Waals surface area contributed by atoms with E-state index >= 15 is 0 Å². The van der Waals surface area contributed by atoms with Gasteiger partial charge in [0.25, 0.3) is 5.91 Å². The van der Waals surface area contributed by atoms with Gasteiger partial charge >= 0.3 is 0 Å². The molecule has 1 aliphatic heterocycles. The molecule has 0 aliphatic carbocycles. The van der Waals surface area contributed by atoms with Crippen molar-refractivity contribution in [1.29, 1.82) is 0 Å². The molecular formula is C18H19Cl2N3O3. The van der Waals surface area contributed by atoms with Crippen LogP contribution in [0.3, 0.4) is 0 Å². The van der Waals surface area contributed by atoms with E-state index in [1.165, 1.54) is 6.26 Å². The fourth-order valence-corrected chi connectivity index (χ4v) is 3.29. The van der Waals surface area contributed by atoms with Crippen LogP contribution < -0.4 is 5.32 Å². The molecule has 0 unspecified atom stereocenters. The van der Waals surface area contributed by atoms with Gasteiger partial charge in [0.15, 0.2) is 5.76 Å². The molecule has 6 nitrogen and oxygen atoms in total. The third-order valence-electron chi connectivity index (χ3n) is 4.24. The Hall–Kier alpha value is -2.18. The molecule has 1 saturated heterocycles. The minimum atomic E-state index is -0.138. The molecular weight excluding hydrogens is 377 g/mol. The number of halogens is 2. The van der Waals surface area contributed by atoms with Crippen molar-refractivity contribution in [2.45, 2.75) is 6.42 Å². The zero-order valence-corrected chi connectivity index (χ0v) is 15.6. The van der Waals surface area contributed by atoms with E-state index in [4.69, 9.17) is 27.6 Å². The Balaban J connectivity index is 1.43. The lowest BCUT2D eigenvalue weighted by molar-refractivity contribution is -0.132. The molecule has 0 saturated carbocycles. The van der Waals surface area contributed by atoms with E-state index in [-0.39, 0.29) is 11.8 Å². The van der Waals surface area contributed by atoms with Crippen LogP contribution in [0, 0.1) is 0 Å². The summed E-state index contributed by atoms with van der Waals surface area (Å²) in [6, 6.07) is 8.52. The molecule has 3 rings (SSSR count). The van der Waals surface area contributed by atoms with Crippen molar-refractivity contribution >= 4 is 40.7 Å². The third kappa shape index (κ3) is 4.51. The third-order valence-corrected chi connectivity index (χ3v) is 4.78. The van der Waals surface area contributed by atoms with Gasteiger partial charge in [-0.3, -0.25) is 9.59 Å². The molecule has 1 aromatic heterocycles. The Morgan fingerprint density at radius 2 is 1.81 bits per heavy atom. The van der Waals surface area contributed by atoms with Crippen molar-refractivity contribution in [3.05, 3.63) is 52.4 Å². The van der Waals surface area contributed by atoms with Crippen molar-refractivity contribution < 1.29 is 14.0 Å². The molecule has 138 valence electrons. The predicted octanol–water partition coefficient (Wildman–Crippen LogP) is 3.37. The Morgan fingerprint density at radius 3 is 2.46 bits per heavy atom. The fraction of sp³-hybridized carbons (Fsp3) is 0.333. The van der Waals surface area contributed by atoms with E-state index in [1.807, 2.05) is 0 Å². The second-order valence-corrected chi connectivity index (χ2v) is 6.79. The second kappa shape index (κ2) is 8.47. The van der Waals surface area contributed by atoms with Gasteiger partial charge < -0.3 is 19.5 Å². The molecule has 2 amide bonds. The van der Waals surface area contributed by atoms with Gasteiger partial charge in [0.2, 0.25) is 5.91 Å². The summed E-state index contributed by atoms with van der Waals surface area (Å²) in [4.78, 5) is 28.0. The van der Waals surface area contributed by atoms with Crippen LogP contribution in [0.15, 0.2) is 41.0 Å². The summed E-state index contributed by atoms with van der Waals surface area (Å²) in [5.41, 5.74) is 0.748. The van der Waals surface area contributed by atoms with E-state index < -0.39 is 0 Å². The number of rotatable bonds is 5. The lowest BCUT2D eigenvalue weighted by Gasteiger charge is -2.34. The molecule has 26 heavy (non-hydrogen) atoms. The Kier molecular flexibility index (Phi) is 6.06. The van der Waals surface area contributed by atoms with Crippen LogP contribution in [0.4, 0.5) is 5.69 Å². The average molecular weight is 396 g/mol. The van der Waals surface area contributed by atoms with Crippen LogP contribution in [0.5, 0.6) is 0 Å². The first kappa shape index (κ1) is 18.6. The van der Waals surface area contributed by atoms with Crippen LogP contribution >= 0.6 is 23.2 Å². The number of benzene rings is 1. The van der Waals surface area contributed by atoms with Gasteiger partial charge in [0.1, 0.15) is 0 Å². The second-order valence-electron chi connectivity index (χ2n) is 5.95. The molecule has 0 spiro atoms. The van der Waals surface area contributed by atoms with Crippen LogP contribution in [0.25, 0.3) is 0 Å². The number of carbonyl (C=O) groups excluding carboxylic acids is 2. The Morgan fingerprint density at radius 1 is 1.08 bits per heavy atom. The van der Waals surface area contributed by atoms with Crippen molar-refractivity contribution in [3.8, 4) is 0 Å². The lowest BCUT2D eigenvalue weighted by Crippen LogP contribution is -2.50. The molecule has 8 heteroatoms. The molecule has 2 aromatic rings. The number of hydrogen-bond acceptors (Lipinski definition) is 4. The number of anilines is 1. The van der Waals surface area contributed by atoms with Crippen LogP contribution in [0.1, 0.15) is 17.0 Å². The summed E-state index contributed by atoms with van der Waals surface area (Å²) in [5.74, 6) is 0.239. The van der Waals surface area contributed by atoms with Crippen LogP contribution in [0.2, 0.25) is 10.0 Å². The maximum atomic E-state index is 12.3. The molecule has 0 atom stereocenters. The molecule has 2 heterocycles. The maximum absolute atomic E-state index is 12.3. The highest BCUT2D eigenvalue weighted by Crippen LogP contribution is 2.25. The lowest BCUT2D eigenvalue weighted by atomic mass is 10.2. The summed E-state index contributed by atoms with van der Waals surface area (Å²) in [6.07, 6.45) is 1.83. The number of amides is 2. The number of carbonyl (C=O) groups is 2.